The summed E-state index contributed by atoms with van der Waals surface area (Å²) in [4.78, 5) is 0. The highest BCUT2D eigenvalue weighted by Crippen LogP contribution is 1.88. The van der Waals surface area contributed by atoms with Gasteiger partial charge >= 0.3 is 0 Å². The number of rotatable bonds is 0. The summed E-state index contributed by atoms with van der Waals surface area (Å²) in [5.41, 5.74) is 3.00. The molecular formula is C8H8. The summed E-state index contributed by atoms with van der Waals surface area (Å²) < 4.78 is 0. The number of hydrogen-bond acceptors (Lipinski definition) is 0. The van der Waals surface area contributed by atoms with Gasteiger partial charge in [-0.3, -0.25) is 0 Å². The third-order valence-corrected chi connectivity index (χ3v) is 0.923. The quantitative estimate of drug-likeness (QED) is 0.413. The van der Waals surface area contributed by atoms with E-state index in [2.05, 4.69) is 11.8 Å². The van der Waals surface area contributed by atoms with Crippen molar-refractivity contribution in [3.05, 3.63) is 42.2 Å². The van der Waals surface area contributed by atoms with Crippen molar-refractivity contribution in [1.82, 2.24) is 0 Å². The maximum absolute atomic E-state index is 3.00. The lowest BCUT2D eigenvalue weighted by atomic mass is 10.3. The van der Waals surface area contributed by atoms with Crippen molar-refractivity contribution < 1.29 is 0 Å². The molecule has 0 fully saturated rings. The van der Waals surface area contributed by atoms with Crippen LogP contribution in [0.25, 0.3) is 0 Å². The zero-order chi connectivity index (χ0) is 5.66. The predicted molar refractivity (Wildman–Crippen MR) is 35.5 cm³/mol. The first-order valence-corrected chi connectivity index (χ1v) is 2.73. The average molecular weight is 104 g/mol. The maximum atomic E-state index is 3.00. The van der Waals surface area contributed by atoms with E-state index in [-0.39, 0.29) is 0 Å². The second kappa shape index (κ2) is 3.06. The van der Waals surface area contributed by atoms with Gasteiger partial charge in [-0.2, -0.15) is 0 Å². The minimum absolute atomic E-state index is 1.00. The van der Waals surface area contributed by atoms with Crippen LogP contribution in [0.15, 0.2) is 42.2 Å². The fourth-order valence-electron chi connectivity index (χ4n) is 0.537. The van der Waals surface area contributed by atoms with Crippen LogP contribution in [0, 0.1) is 0 Å². The molecule has 0 aromatic rings. The molecule has 0 aromatic carbocycles. The lowest BCUT2D eigenvalue weighted by Gasteiger charge is -1.78. The summed E-state index contributed by atoms with van der Waals surface area (Å²) in [5, 5.41) is 0. The van der Waals surface area contributed by atoms with Gasteiger partial charge in [0.1, 0.15) is 0 Å². The lowest BCUT2D eigenvalue weighted by Crippen LogP contribution is -1.57. The van der Waals surface area contributed by atoms with E-state index in [0.29, 0.717) is 0 Å². The summed E-state index contributed by atoms with van der Waals surface area (Å²) in [6, 6.07) is 0. The van der Waals surface area contributed by atoms with Crippen molar-refractivity contribution in [1.29, 1.82) is 0 Å². The monoisotopic (exact) mass is 104 g/mol. The minimum Gasteiger partial charge on any atom is -0.125 e. The van der Waals surface area contributed by atoms with Gasteiger partial charge < -0.3 is 0 Å². The molecule has 0 bridgehead atoms. The summed E-state index contributed by atoms with van der Waals surface area (Å²) in [7, 11) is 0. The van der Waals surface area contributed by atoms with Gasteiger partial charge in [-0.25, -0.2) is 0 Å². The molecule has 0 amide bonds. The van der Waals surface area contributed by atoms with Gasteiger partial charge in [0, 0.05) is 0 Å². The largest absolute Gasteiger partial charge is 0.125 e. The molecule has 0 nitrogen and oxygen atoms in total. The van der Waals surface area contributed by atoms with Crippen molar-refractivity contribution in [3.63, 3.8) is 0 Å². The molecule has 0 aromatic heterocycles. The molecule has 0 saturated carbocycles. The molecule has 0 unspecified atom stereocenters. The Morgan fingerprint density at radius 2 is 2.12 bits per heavy atom. The molecule has 0 radical (unpaired) electrons. The van der Waals surface area contributed by atoms with Crippen LogP contribution < -0.4 is 0 Å². The van der Waals surface area contributed by atoms with Gasteiger partial charge in [0.2, 0.25) is 0 Å². The van der Waals surface area contributed by atoms with E-state index in [1.807, 2.05) is 30.4 Å². The van der Waals surface area contributed by atoms with Gasteiger partial charge in [0.15, 0.2) is 0 Å². The van der Waals surface area contributed by atoms with Crippen LogP contribution in [0.3, 0.4) is 0 Å². The molecule has 0 heterocycles. The lowest BCUT2D eigenvalue weighted by molar-refractivity contribution is 1.40. The van der Waals surface area contributed by atoms with Crippen LogP contribution in [0.2, 0.25) is 0 Å². The van der Waals surface area contributed by atoms with Crippen molar-refractivity contribution in [3.8, 4) is 0 Å². The maximum Gasteiger partial charge on any atom is -0.00898 e. The number of hydrogen-bond donors (Lipinski definition) is 0. The Morgan fingerprint density at radius 1 is 1.12 bits per heavy atom. The Morgan fingerprint density at radius 3 is 3.12 bits per heavy atom. The molecule has 0 aliphatic heterocycles. The topological polar surface area (TPSA) is 0 Å². The smallest absolute Gasteiger partial charge is 0.00898 e. The molecule has 40 valence electrons. The van der Waals surface area contributed by atoms with Crippen molar-refractivity contribution in [2.24, 2.45) is 0 Å². The normalized spacial score (nSPS) is 24.0. The van der Waals surface area contributed by atoms with E-state index in [1.165, 1.54) is 0 Å². The summed E-state index contributed by atoms with van der Waals surface area (Å²) in [6.45, 7) is 0. The van der Waals surface area contributed by atoms with Gasteiger partial charge in [0.25, 0.3) is 0 Å². The zero-order valence-electron chi connectivity index (χ0n) is 4.67. The standard InChI is InChI=1S/C8H8/c1-2-4-6-8-7-5-3-1/h1-5,8H,6H2/b3-1-,4-2-. The Hall–Kier alpha value is -1.00. The first-order valence-electron chi connectivity index (χ1n) is 2.73. The molecule has 0 heteroatoms. The molecule has 1 aliphatic carbocycles. The molecule has 0 atom stereocenters. The fraction of sp³-hybridized carbons (Fsp3) is 0.125. The van der Waals surface area contributed by atoms with Crippen LogP contribution in [-0.2, 0) is 0 Å². The SMILES string of the molecule is C1=C/C=C\C=C/CC=1. The van der Waals surface area contributed by atoms with Crippen molar-refractivity contribution >= 4 is 0 Å². The first-order chi connectivity index (χ1) is 4.00. The Bertz CT molecular complexity index is 164. The van der Waals surface area contributed by atoms with Gasteiger partial charge in [-0.1, -0.05) is 24.3 Å². The molecule has 0 saturated heterocycles. The highest BCUT2D eigenvalue weighted by atomic mass is 13.7. The third kappa shape index (κ3) is 1.63. The molecule has 1 aliphatic rings. The molecular weight excluding hydrogens is 96.1 g/mol. The Labute approximate surface area is 49.5 Å². The second-order valence-electron chi connectivity index (χ2n) is 1.59. The van der Waals surface area contributed by atoms with Gasteiger partial charge in [0.05, 0.1) is 0 Å². The van der Waals surface area contributed by atoms with E-state index in [1.54, 1.807) is 0 Å². The van der Waals surface area contributed by atoms with Crippen LogP contribution >= 0.6 is 0 Å². The van der Waals surface area contributed by atoms with Gasteiger partial charge in [-0.05, 0) is 18.6 Å². The average Bonchev–Trinajstić information content (AvgIpc) is 1.62. The third-order valence-electron chi connectivity index (χ3n) is 0.923. The summed E-state index contributed by atoms with van der Waals surface area (Å²) >= 11 is 0. The van der Waals surface area contributed by atoms with Gasteiger partial charge in [-0.15, -0.1) is 5.73 Å². The van der Waals surface area contributed by atoms with E-state index in [4.69, 9.17) is 0 Å². The highest BCUT2D eigenvalue weighted by Gasteiger charge is 1.68. The van der Waals surface area contributed by atoms with Crippen LogP contribution in [-0.4, -0.2) is 0 Å². The van der Waals surface area contributed by atoms with E-state index < -0.39 is 0 Å². The number of allylic oxidation sites excluding steroid dienone is 5. The van der Waals surface area contributed by atoms with Crippen molar-refractivity contribution in [2.75, 3.05) is 0 Å². The van der Waals surface area contributed by atoms with E-state index >= 15 is 0 Å². The zero-order valence-corrected chi connectivity index (χ0v) is 4.67. The van der Waals surface area contributed by atoms with E-state index in [0.717, 1.165) is 6.42 Å². The molecule has 1 rings (SSSR count). The second-order valence-corrected chi connectivity index (χ2v) is 1.59. The molecule has 0 N–H and O–H groups in total. The highest BCUT2D eigenvalue weighted by molar-refractivity contribution is 5.14. The van der Waals surface area contributed by atoms with Crippen LogP contribution in [0.4, 0.5) is 0 Å². The van der Waals surface area contributed by atoms with E-state index in [9.17, 15) is 0 Å². The summed E-state index contributed by atoms with van der Waals surface area (Å²) in [6.07, 6.45) is 13.0. The fourth-order valence-corrected chi connectivity index (χ4v) is 0.537. The first kappa shape index (κ1) is 5.14. The van der Waals surface area contributed by atoms with Crippen LogP contribution in [0.1, 0.15) is 6.42 Å². The Balaban J connectivity index is 2.70. The summed E-state index contributed by atoms with van der Waals surface area (Å²) in [5.74, 6) is 0. The van der Waals surface area contributed by atoms with Crippen molar-refractivity contribution in [2.45, 2.75) is 6.42 Å². The molecule has 0 spiro atoms. The Kier molecular flexibility index (Phi) is 1.97. The molecule has 8 heavy (non-hydrogen) atoms. The minimum atomic E-state index is 1.00. The van der Waals surface area contributed by atoms with Crippen LogP contribution in [0.5, 0.6) is 0 Å². The predicted octanol–water partition coefficient (Wildman–Crippen LogP) is 2.21.